The van der Waals surface area contributed by atoms with Crippen LogP contribution in [0, 0.1) is 0 Å². The van der Waals surface area contributed by atoms with Crippen LogP contribution < -0.4 is 9.47 Å². The summed E-state index contributed by atoms with van der Waals surface area (Å²) in [6.07, 6.45) is 1.52. The number of methoxy groups -OCH3 is 1. The Morgan fingerprint density at radius 2 is 1.37 bits per heavy atom. The molecule has 0 aromatic heterocycles. The molecule has 4 N–H and O–H groups in total. The molecule has 0 aliphatic carbocycles. The minimum atomic E-state index is -0.594. The number of hydrogen-bond donors (Lipinski definition) is 4. The van der Waals surface area contributed by atoms with Gasteiger partial charge in [-0.25, -0.2) is 0 Å². The Balaban J connectivity index is 1.37. The number of fused-ring (bicyclic) bond motifs is 1. The van der Waals surface area contributed by atoms with Gasteiger partial charge < -0.3 is 34.6 Å². The van der Waals surface area contributed by atoms with Gasteiger partial charge in [-0.3, -0.25) is 4.79 Å². The molecule has 0 spiro atoms. The Hall–Kier alpha value is -4.69. The van der Waals surface area contributed by atoms with E-state index in [1.165, 1.54) is 13.2 Å². The van der Waals surface area contributed by atoms with E-state index in [2.05, 4.69) is 0 Å². The first-order valence-corrected chi connectivity index (χ1v) is 14.4. The van der Waals surface area contributed by atoms with Crippen molar-refractivity contribution in [1.29, 1.82) is 0 Å². The Morgan fingerprint density at radius 3 is 1.98 bits per heavy atom. The second-order valence-corrected chi connectivity index (χ2v) is 11.3. The molecule has 222 valence electrons. The molecule has 0 amide bonds. The molecule has 2 heterocycles. The maximum Gasteiger partial charge on any atom is 0.174 e. The van der Waals surface area contributed by atoms with Crippen molar-refractivity contribution in [3.8, 4) is 34.5 Å². The highest BCUT2D eigenvalue weighted by Gasteiger charge is 2.40. The van der Waals surface area contributed by atoms with Gasteiger partial charge in [0.05, 0.1) is 25.7 Å². The number of phenols is 4. The van der Waals surface area contributed by atoms with E-state index in [4.69, 9.17) is 14.2 Å². The zero-order chi connectivity index (χ0) is 30.1. The molecule has 4 atom stereocenters. The fourth-order valence-corrected chi connectivity index (χ4v) is 6.24. The predicted molar refractivity (Wildman–Crippen MR) is 159 cm³/mol. The Kier molecular flexibility index (Phi) is 7.86. The summed E-state index contributed by atoms with van der Waals surface area (Å²) in [5, 5.41) is 40.8. The molecule has 2 aliphatic rings. The molecule has 4 aromatic rings. The molecule has 8 heteroatoms. The summed E-state index contributed by atoms with van der Waals surface area (Å²) in [4.78, 5) is 13.6. The number of hydrogen-bond acceptors (Lipinski definition) is 8. The van der Waals surface area contributed by atoms with Crippen molar-refractivity contribution in [2.75, 3.05) is 7.11 Å². The van der Waals surface area contributed by atoms with Gasteiger partial charge in [-0.1, -0.05) is 36.4 Å². The molecule has 1 saturated heterocycles. The SMILES string of the molecule is COc1cc(O)c([C@@H]2C[C@H](CCc3ccc(O)cc3)O[C@@H](c3ccc(O)cc3)C2)c2c1C(=O)C[C@@H](c1ccc(O)cc1)O2. The van der Waals surface area contributed by atoms with Gasteiger partial charge in [0.2, 0.25) is 0 Å². The second kappa shape index (κ2) is 11.9. The van der Waals surface area contributed by atoms with E-state index in [1.807, 2.05) is 24.3 Å². The summed E-state index contributed by atoms with van der Waals surface area (Å²) < 4.78 is 18.6. The van der Waals surface area contributed by atoms with Crippen LogP contribution in [0.5, 0.6) is 34.5 Å². The van der Waals surface area contributed by atoms with Crippen LogP contribution in [0.4, 0.5) is 0 Å². The first-order valence-electron chi connectivity index (χ1n) is 14.4. The predicted octanol–water partition coefficient (Wildman–Crippen LogP) is 6.86. The molecule has 6 rings (SSSR count). The molecule has 0 unspecified atom stereocenters. The van der Waals surface area contributed by atoms with E-state index >= 15 is 0 Å². The van der Waals surface area contributed by atoms with Crippen molar-refractivity contribution in [2.24, 2.45) is 0 Å². The van der Waals surface area contributed by atoms with Crippen LogP contribution in [0.3, 0.4) is 0 Å². The molecule has 8 nitrogen and oxygen atoms in total. The normalized spacial score (nSPS) is 21.6. The quantitative estimate of drug-likeness (QED) is 0.186. The molecule has 0 saturated carbocycles. The third kappa shape index (κ3) is 5.96. The van der Waals surface area contributed by atoms with Crippen LogP contribution in [0.25, 0.3) is 0 Å². The molecule has 2 aliphatic heterocycles. The molecule has 4 aromatic carbocycles. The standard InChI is InChI=1S/C35H34O8/c1-41-32-19-28(39)33(35-34(32)29(40)18-31(43-35)22-7-13-26(38)14-8-22)23-16-27(15-4-20-2-9-24(36)10-3-20)42-30(17-23)21-5-11-25(37)12-6-21/h2-3,5-14,19,23,27,30-31,36-39H,4,15-18H2,1H3/t23-,27+,30-,31+/m1/s1. The summed E-state index contributed by atoms with van der Waals surface area (Å²) in [7, 11) is 1.46. The number of ketones is 1. The lowest BCUT2D eigenvalue weighted by Crippen LogP contribution is -2.29. The highest BCUT2D eigenvalue weighted by molar-refractivity contribution is 6.03. The van der Waals surface area contributed by atoms with E-state index in [9.17, 15) is 25.2 Å². The summed E-state index contributed by atoms with van der Waals surface area (Å²) in [5.74, 6) is 0.692. The van der Waals surface area contributed by atoms with Crippen molar-refractivity contribution >= 4 is 5.78 Å². The maximum atomic E-state index is 13.6. The summed E-state index contributed by atoms with van der Waals surface area (Å²) in [6.45, 7) is 0. The topological polar surface area (TPSA) is 126 Å². The van der Waals surface area contributed by atoms with E-state index in [1.54, 1.807) is 48.5 Å². The third-order valence-electron chi connectivity index (χ3n) is 8.42. The van der Waals surface area contributed by atoms with Crippen molar-refractivity contribution in [2.45, 2.75) is 56.3 Å². The maximum absolute atomic E-state index is 13.6. The lowest BCUT2D eigenvalue weighted by atomic mass is 9.80. The average molecular weight is 583 g/mol. The number of aryl methyl sites for hydroxylation is 1. The van der Waals surface area contributed by atoms with Gasteiger partial charge in [0.1, 0.15) is 46.2 Å². The Morgan fingerprint density at radius 1 is 0.791 bits per heavy atom. The van der Waals surface area contributed by atoms with Crippen LogP contribution >= 0.6 is 0 Å². The number of carbonyl (C=O) groups is 1. The van der Waals surface area contributed by atoms with Gasteiger partial charge in [0.25, 0.3) is 0 Å². The summed E-state index contributed by atoms with van der Waals surface area (Å²) in [5.41, 5.74) is 3.58. The Labute approximate surface area is 249 Å². The van der Waals surface area contributed by atoms with Crippen LogP contribution in [0.2, 0.25) is 0 Å². The number of ether oxygens (including phenoxy) is 3. The molecule has 0 radical (unpaired) electrons. The van der Waals surface area contributed by atoms with Gasteiger partial charge in [0.15, 0.2) is 5.78 Å². The number of aromatic hydroxyl groups is 4. The number of rotatable bonds is 7. The van der Waals surface area contributed by atoms with Gasteiger partial charge in [-0.2, -0.15) is 0 Å². The minimum absolute atomic E-state index is 0.0107. The number of carbonyl (C=O) groups excluding carboxylic acids is 1. The number of benzene rings is 4. The fourth-order valence-electron chi connectivity index (χ4n) is 6.24. The van der Waals surface area contributed by atoms with Crippen LogP contribution in [0.1, 0.15) is 76.4 Å². The van der Waals surface area contributed by atoms with Crippen LogP contribution in [-0.2, 0) is 11.2 Å². The zero-order valence-electron chi connectivity index (χ0n) is 23.8. The molecular formula is C35H34O8. The fraction of sp³-hybridized carbons (Fsp3) is 0.286. The van der Waals surface area contributed by atoms with Gasteiger partial charge >= 0.3 is 0 Å². The lowest BCUT2D eigenvalue weighted by Gasteiger charge is -2.38. The van der Waals surface area contributed by atoms with Gasteiger partial charge in [-0.15, -0.1) is 0 Å². The first-order chi connectivity index (χ1) is 20.8. The molecule has 43 heavy (non-hydrogen) atoms. The minimum Gasteiger partial charge on any atom is -0.508 e. The van der Waals surface area contributed by atoms with E-state index < -0.39 is 6.10 Å². The highest BCUT2D eigenvalue weighted by atomic mass is 16.5. The van der Waals surface area contributed by atoms with Crippen molar-refractivity contribution in [1.82, 2.24) is 0 Å². The summed E-state index contributed by atoms with van der Waals surface area (Å²) >= 11 is 0. The molecular weight excluding hydrogens is 548 g/mol. The van der Waals surface area contributed by atoms with Crippen molar-refractivity contribution < 1.29 is 39.4 Å². The van der Waals surface area contributed by atoms with Gasteiger partial charge in [-0.05, 0) is 84.7 Å². The van der Waals surface area contributed by atoms with E-state index in [-0.39, 0.29) is 59.1 Å². The first kappa shape index (κ1) is 28.4. The van der Waals surface area contributed by atoms with E-state index in [0.29, 0.717) is 36.1 Å². The average Bonchev–Trinajstić information content (AvgIpc) is 3.00. The third-order valence-corrected chi connectivity index (χ3v) is 8.42. The second-order valence-electron chi connectivity index (χ2n) is 11.3. The molecule has 0 bridgehead atoms. The van der Waals surface area contributed by atoms with Crippen molar-refractivity contribution in [3.63, 3.8) is 0 Å². The lowest BCUT2D eigenvalue weighted by molar-refractivity contribution is -0.0634. The molecule has 1 fully saturated rings. The number of Topliss-reactive ketones (excluding diaryl/α,β-unsaturated/α-hetero) is 1. The summed E-state index contributed by atoms with van der Waals surface area (Å²) in [6, 6.07) is 22.1. The van der Waals surface area contributed by atoms with Crippen LogP contribution in [0.15, 0.2) is 78.9 Å². The van der Waals surface area contributed by atoms with Crippen LogP contribution in [-0.4, -0.2) is 39.4 Å². The highest BCUT2D eigenvalue weighted by Crippen LogP contribution is 2.53. The Bertz CT molecular complexity index is 1600. The van der Waals surface area contributed by atoms with Gasteiger partial charge in [0, 0.05) is 11.6 Å². The largest absolute Gasteiger partial charge is 0.508 e. The monoisotopic (exact) mass is 582 g/mol. The zero-order valence-corrected chi connectivity index (χ0v) is 23.8. The number of phenolic OH excluding ortho intramolecular Hbond substituents is 4. The smallest absolute Gasteiger partial charge is 0.174 e. The van der Waals surface area contributed by atoms with Crippen molar-refractivity contribution in [3.05, 3.63) is 107 Å². The van der Waals surface area contributed by atoms with E-state index in [0.717, 1.165) is 23.1 Å².